The molecule has 0 amide bonds. The Kier molecular flexibility index (Phi) is 5.96. The Bertz CT molecular complexity index is 1010. The summed E-state index contributed by atoms with van der Waals surface area (Å²) in [5, 5.41) is 0. The van der Waals surface area contributed by atoms with Gasteiger partial charge in [0.25, 0.3) is 0 Å². The van der Waals surface area contributed by atoms with Gasteiger partial charge >= 0.3 is 18.4 Å². The first-order chi connectivity index (χ1) is 13.9. The first-order valence-electron chi connectivity index (χ1n) is 8.62. The Labute approximate surface area is 167 Å². The summed E-state index contributed by atoms with van der Waals surface area (Å²) in [7, 11) is -4.52. The van der Waals surface area contributed by atoms with Crippen molar-refractivity contribution in [2.75, 3.05) is 13.1 Å². The number of hydrogen-bond acceptors (Lipinski definition) is 5. The Morgan fingerprint density at radius 2 is 1.73 bits per heavy atom. The van der Waals surface area contributed by atoms with Crippen LogP contribution in [0.1, 0.15) is 24.1 Å². The van der Waals surface area contributed by atoms with E-state index in [9.17, 15) is 34.8 Å². The van der Waals surface area contributed by atoms with Crippen molar-refractivity contribution in [1.29, 1.82) is 0 Å². The number of benzene rings is 1. The molecule has 0 N–H and O–H groups in total. The molecule has 1 unspecified atom stereocenters. The second-order valence-electron chi connectivity index (χ2n) is 6.46. The number of rotatable bonds is 4. The molecule has 13 heteroatoms. The van der Waals surface area contributed by atoms with E-state index in [1.807, 2.05) is 0 Å². The highest BCUT2D eigenvalue weighted by molar-refractivity contribution is 7.89. The van der Waals surface area contributed by atoms with Crippen LogP contribution in [-0.2, 0) is 22.4 Å². The minimum Gasteiger partial charge on any atom is -0.459 e. The van der Waals surface area contributed by atoms with Crippen LogP contribution in [0.25, 0.3) is 0 Å². The third-order valence-electron chi connectivity index (χ3n) is 4.35. The molecule has 3 rings (SSSR count). The Balaban J connectivity index is 1.82. The number of halogens is 6. The molecule has 1 aliphatic heterocycles. The second-order valence-corrected chi connectivity index (χ2v) is 8.37. The van der Waals surface area contributed by atoms with Crippen molar-refractivity contribution < 1.29 is 39.5 Å². The van der Waals surface area contributed by atoms with Crippen molar-refractivity contribution in [3.63, 3.8) is 0 Å². The van der Waals surface area contributed by atoms with E-state index < -0.39 is 50.6 Å². The average Bonchev–Trinajstić information content (AvgIpc) is 2.67. The molecular formula is C17H15F6N3O3S. The molecule has 1 aliphatic rings. The number of sulfonamides is 1. The van der Waals surface area contributed by atoms with Crippen LogP contribution in [0, 0.1) is 0 Å². The van der Waals surface area contributed by atoms with Gasteiger partial charge in [-0.3, -0.25) is 0 Å². The highest BCUT2D eigenvalue weighted by Gasteiger charge is 2.40. The largest absolute Gasteiger partial charge is 0.459 e. The third kappa shape index (κ3) is 4.83. The lowest BCUT2D eigenvalue weighted by Crippen LogP contribution is -2.44. The normalized spacial score (nSPS) is 18.9. The summed E-state index contributed by atoms with van der Waals surface area (Å²) >= 11 is 0. The van der Waals surface area contributed by atoms with Crippen molar-refractivity contribution >= 4 is 10.0 Å². The highest BCUT2D eigenvalue weighted by Crippen LogP contribution is 2.36. The molecule has 0 bridgehead atoms. The van der Waals surface area contributed by atoms with Gasteiger partial charge in [-0.25, -0.2) is 13.4 Å². The van der Waals surface area contributed by atoms with Crippen molar-refractivity contribution in [3.8, 4) is 6.01 Å². The third-order valence-corrected chi connectivity index (χ3v) is 6.27. The van der Waals surface area contributed by atoms with Crippen LogP contribution in [0.4, 0.5) is 26.3 Å². The summed E-state index contributed by atoms with van der Waals surface area (Å²) in [4.78, 5) is 5.95. The highest BCUT2D eigenvalue weighted by atomic mass is 32.2. The standard InChI is InChI=1S/C17H15F6N3O3S/c18-16(19,20)12-5-1-2-6-13(12)30(27,28)26-9-3-4-11(10-26)29-15-24-8-7-14(25-15)17(21,22)23/h1-2,5-8,11H,3-4,9-10H2. The van der Waals surface area contributed by atoms with Gasteiger partial charge in [0.2, 0.25) is 10.0 Å². The van der Waals surface area contributed by atoms with Gasteiger partial charge in [-0.15, -0.1) is 0 Å². The first kappa shape index (κ1) is 22.3. The number of alkyl halides is 6. The van der Waals surface area contributed by atoms with Gasteiger partial charge in [0.05, 0.1) is 17.0 Å². The number of aromatic nitrogens is 2. The zero-order chi connectivity index (χ0) is 22.2. The van der Waals surface area contributed by atoms with Gasteiger partial charge in [0.1, 0.15) is 6.10 Å². The topological polar surface area (TPSA) is 72.4 Å². The smallest absolute Gasteiger partial charge is 0.433 e. The van der Waals surface area contributed by atoms with Crippen LogP contribution < -0.4 is 4.74 Å². The van der Waals surface area contributed by atoms with E-state index in [4.69, 9.17) is 4.74 Å². The molecular weight excluding hydrogens is 440 g/mol. The maximum Gasteiger partial charge on any atom is 0.433 e. The predicted octanol–water partition coefficient (Wildman–Crippen LogP) is 3.75. The summed E-state index contributed by atoms with van der Waals surface area (Å²) in [6.07, 6.45) is -9.16. The molecule has 6 nitrogen and oxygen atoms in total. The van der Waals surface area contributed by atoms with Gasteiger partial charge in [-0.05, 0) is 31.0 Å². The van der Waals surface area contributed by atoms with Gasteiger partial charge in [-0.2, -0.15) is 35.6 Å². The summed E-state index contributed by atoms with van der Waals surface area (Å²) in [6, 6.07) is 3.84. The number of nitrogens with zero attached hydrogens (tertiary/aromatic N) is 3. The van der Waals surface area contributed by atoms with Crippen LogP contribution in [0.5, 0.6) is 6.01 Å². The molecule has 0 aliphatic carbocycles. The van der Waals surface area contributed by atoms with Crippen molar-refractivity contribution in [1.82, 2.24) is 14.3 Å². The van der Waals surface area contributed by atoms with E-state index >= 15 is 0 Å². The molecule has 1 aromatic heterocycles. The van der Waals surface area contributed by atoms with Gasteiger partial charge in [-0.1, -0.05) is 12.1 Å². The van der Waals surface area contributed by atoms with Gasteiger partial charge in [0, 0.05) is 12.7 Å². The van der Waals surface area contributed by atoms with E-state index in [-0.39, 0.29) is 25.9 Å². The van der Waals surface area contributed by atoms with Gasteiger partial charge < -0.3 is 4.74 Å². The molecule has 2 aromatic rings. The van der Waals surface area contributed by atoms with Crippen LogP contribution in [-0.4, -0.2) is 41.9 Å². The summed E-state index contributed by atoms with van der Waals surface area (Å²) in [6.45, 7) is -0.411. The SMILES string of the molecule is O=S(=O)(c1ccccc1C(F)(F)F)N1CCCC(Oc2nccc(C(F)(F)F)n2)C1. The fraction of sp³-hybridized carbons (Fsp3) is 0.412. The number of piperidine rings is 1. The maximum absolute atomic E-state index is 13.2. The van der Waals surface area contributed by atoms with E-state index in [2.05, 4.69) is 9.97 Å². The van der Waals surface area contributed by atoms with E-state index in [0.717, 1.165) is 22.6 Å². The fourth-order valence-corrected chi connectivity index (χ4v) is 4.71. The first-order valence-corrected chi connectivity index (χ1v) is 10.1. The molecule has 0 radical (unpaired) electrons. The Morgan fingerprint density at radius 3 is 2.40 bits per heavy atom. The van der Waals surface area contributed by atoms with E-state index in [1.54, 1.807) is 0 Å². The lowest BCUT2D eigenvalue weighted by atomic mass is 10.1. The zero-order valence-corrected chi connectivity index (χ0v) is 15.9. The number of ether oxygens (including phenoxy) is 1. The van der Waals surface area contributed by atoms with Crippen LogP contribution in [0.2, 0.25) is 0 Å². The minimum absolute atomic E-state index is 0.0577. The molecule has 164 valence electrons. The van der Waals surface area contributed by atoms with E-state index in [1.165, 1.54) is 6.07 Å². The molecule has 2 heterocycles. The monoisotopic (exact) mass is 455 g/mol. The zero-order valence-electron chi connectivity index (χ0n) is 15.1. The molecule has 1 fully saturated rings. The maximum atomic E-state index is 13.2. The molecule has 1 aromatic carbocycles. The summed E-state index contributed by atoms with van der Waals surface area (Å²) in [5.74, 6) is 0. The molecule has 1 atom stereocenters. The van der Waals surface area contributed by atoms with Crippen LogP contribution >= 0.6 is 0 Å². The quantitative estimate of drug-likeness (QED) is 0.657. The van der Waals surface area contributed by atoms with Crippen molar-refractivity contribution in [2.24, 2.45) is 0 Å². The lowest BCUT2D eigenvalue weighted by Gasteiger charge is -2.32. The predicted molar refractivity (Wildman–Crippen MR) is 90.9 cm³/mol. The Hall–Kier alpha value is -2.41. The van der Waals surface area contributed by atoms with Crippen molar-refractivity contribution in [2.45, 2.75) is 36.2 Å². The lowest BCUT2D eigenvalue weighted by molar-refractivity contribution is -0.142. The van der Waals surface area contributed by atoms with Gasteiger partial charge in [0.15, 0.2) is 5.69 Å². The van der Waals surface area contributed by atoms with Crippen LogP contribution in [0.15, 0.2) is 41.4 Å². The molecule has 1 saturated heterocycles. The van der Waals surface area contributed by atoms with Crippen LogP contribution in [0.3, 0.4) is 0 Å². The summed E-state index contributed by atoms with van der Waals surface area (Å²) < 4.78 is 110. The molecule has 0 spiro atoms. The van der Waals surface area contributed by atoms with E-state index in [0.29, 0.717) is 12.1 Å². The second kappa shape index (κ2) is 8.02. The Morgan fingerprint density at radius 1 is 1.03 bits per heavy atom. The molecule has 30 heavy (non-hydrogen) atoms. The fourth-order valence-electron chi connectivity index (χ4n) is 2.99. The summed E-state index contributed by atoms with van der Waals surface area (Å²) in [5.41, 5.74) is -2.53. The average molecular weight is 455 g/mol. The molecule has 0 saturated carbocycles. The minimum atomic E-state index is -4.87. The number of hydrogen-bond donors (Lipinski definition) is 0. The van der Waals surface area contributed by atoms with Crippen molar-refractivity contribution in [3.05, 3.63) is 47.8 Å².